The summed E-state index contributed by atoms with van der Waals surface area (Å²) in [5, 5.41) is 18.2. The second-order valence-electron chi connectivity index (χ2n) is 8.89. The fourth-order valence-electron chi connectivity index (χ4n) is 4.47. The number of carbonyl (C=O) groups excluding carboxylic acids is 1. The molecule has 0 bridgehead atoms. The number of aromatic hydroxyl groups is 1. The predicted molar refractivity (Wildman–Crippen MR) is 117 cm³/mol. The number of hydrogen-bond acceptors (Lipinski definition) is 6. The molecule has 0 spiro atoms. The fraction of sp³-hybridized carbons (Fsp3) is 0.292. The lowest BCUT2D eigenvalue weighted by Gasteiger charge is -2.38. The third-order valence-electron chi connectivity index (χ3n) is 5.87. The molecule has 0 amide bonds. The van der Waals surface area contributed by atoms with Crippen LogP contribution in [-0.4, -0.2) is 32.8 Å². The van der Waals surface area contributed by atoms with E-state index in [0.717, 1.165) is 29.0 Å². The van der Waals surface area contributed by atoms with Crippen molar-refractivity contribution in [1.29, 1.82) is 0 Å². The number of carbonyl (C=O) groups is 1. The summed E-state index contributed by atoms with van der Waals surface area (Å²) in [6, 6.07) is 14.1. The molecule has 0 fully saturated rings. The number of nitrogens with zero attached hydrogens (tertiary/aromatic N) is 3. The van der Waals surface area contributed by atoms with E-state index >= 15 is 0 Å². The van der Waals surface area contributed by atoms with Crippen molar-refractivity contribution < 1.29 is 14.6 Å². The first-order chi connectivity index (χ1) is 14.8. The van der Waals surface area contributed by atoms with Crippen LogP contribution in [0.25, 0.3) is 11.4 Å². The van der Waals surface area contributed by atoms with Crippen molar-refractivity contribution >= 4 is 11.7 Å². The topological polar surface area (TPSA) is 89.3 Å². The van der Waals surface area contributed by atoms with Crippen LogP contribution in [0.15, 0.2) is 59.8 Å². The van der Waals surface area contributed by atoms with Crippen molar-refractivity contribution in [2.45, 2.75) is 32.7 Å². The van der Waals surface area contributed by atoms with E-state index in [4.69, 9.17) is 14.8 Å². The molecule has 0 radical (unpaired) electrons. The molecular weight excluding hydrogens is 392 g/mol. The van der Waals surface area contributed by atoms with Gasteiger partial charge in [-0.15, -0.1) is 5.10 Å². The number of fused-ring (bicyclic) bond motifs is 1. The highest BCUT2D eigenvalue weighted by molar-refractivity contribution is 6.00. The molecule has 0 unspecified atom stereocenters. The second-order valence-corrected chi connectivity index (χ2v) is 8.89. The van der Waals surface area contributed by atoms with Gasteiger partial charge in [-0.2, -0.15) is 4.98 Å². The maximum absolute atomic E-state index is 13.2. The Morgan fingerprint density at radius 3 is 2.65 bits per heavy atom. The molecular formula is C24H24N4O3. The number of Topliss-reactive ketones (excluding diaryl/α,β-unsaturated/α-hetero) is 1. The summed E-state index contributed by atoms with van der Waals surface area (Å²) in [5.74, 6) is 2.15. The Kier molecular flexibility index (Phi) is 4.36. The number of ether oxygens (including phenoxy) is 1. The molecule has 2 heterocycles. The van der Waals surface area contributed by atoms with Crippen molar-refractivity contribution in [3.63, 3.8) is 0 Å². The number of hydrogen-bond donors (Lipinski definition) is 2. The van der Waals surface area contributed by atoms with Gasteiger partial charge in [-0.05, 0) is 53.8 Å². The van der Waals surface area contributed by atoms with Gasteiger partial charge in [0, 0.05) is 23.3 Å². The quantitative estimate of drug-likeness (QED) is 0.661. The largest absolute Gasteiger partial charge is 0.508 e. The van der Waals surface area contributed by atoms with Crippen LogP contribution in [0.1, 0.15) is 38.3 Å². The Balaban J connectivity index is 1.66. The van der Waals surface area contributed by atoms with Gasteiger partial charge >= 0.3 is 0 Å². The molecule has 1 aromatic heterocycles. The first-order valence-corrected chi connectivity index (χ1v) is 10.3. The molecule has 1 aliphatic carbocycles. The summed E-state index contributed by atoms with van der Waals surface area (Å²) in [6.45, 7) is 4.20. The molecule has 2 N–H and O–H groups in total. The van der Waals surface area contributed by atoms with Crippen LogP contribution in [-0.2, 0) is 4.79 Å². The maximum atomic E-state index is 13.2. The number of allylic oxidation sites excluding steroid dienone is 2. The molecule has 158 valence electrons. The number of methoxy groups -OCH3 is 1. The van der Waals surface area contributed by atoms with Crippen LogP contribution in [0.5, 0.6) is 11.5 Å². The van der Waals surface area contributed by atoms with Gasteiger partial charge in [0.15, 0.2) is 11.6 Å². The zero-order chi connectivity index (χ0) is 21.8. The van der Waals surface area contributed by atoms with Crippen molar-refractivity contribution in [3.8, 4) is 22.9 Å². The number of nitrogens with one attached hydrogen (secondary N) is 1. The third-order valence-corrected chi connectivity index (χ3v) is 5.87. The average molecular weight is 416 g/mol. The zero-order valence-corrected chi connectivity index (χ0v) is 17.7. The van der Waals surface area contributed by atoms with Gasteiger partial charge in [-0.25, -0.2) is 4.68 Å². The highest BCUT2D eigenvalue weighted by atomic mass is 16.5. The highest BCUT2D eigenvalue weighted by Crippen LogP contribution is 2.46. The second kappa shape index (κ2) is 6.97. The SMILES string of the molecule is COc1ccc(-c2nc3n(n2)[C@@H](c2cccc(O)c2)C2=C(CC(C)(C)CC2=O)N3)cc1. The minimum absolute atomic E-state index is 0.0965. The van der Waals surface area contributed by atoms with Gasteiger partial charge in [-0.1, -0.05) is 26.0 Å². The Morgan fingerprint density at radius 2 is 1.94 bits per heavy atom. The summed E-state index contributed by atoms with van der Waals surface area (Å²) < 4.78 is 7.00. The van der Waals surface area contributed by atoms with E-state index < -0.39 is 6.04 Å². The number of anilines is 1. The number of phenols is 1. The van der Waals surface area contributed by atoms with Crippen molar-refractivity contribution in [2.24, 2.45) is 5.41 Å². The number of rotatable bonds is 3. The van der Waals surface area contributed by atoms with E-state index in [2.05, 4.69) is 19.2 Å². The lowest BCUT2D eigenvalue weighted by atomic mass is 9.73. The van der Waals surface area contributed by atoms with Gasteiger partial charge < -0.3 is 15.2 Å². The van der Waals surface area contributed by atoms with Gasteiger partial charge in [-0.3, -0.25) is 4.79 Å². The number of benzene rings is 2. The first-order valence-electron chi connectivity index (χ1n) is 10.3. The Labute approximate surface area is 180 Å². The van der Waals surface area contributed by atoms with E-state index in [1.165, 1.54) is 0 Å². The Hall–Kier alpha value is -3.61. The van der Waals surface area contributed by atoms with Gasteiger partial charge in [0.05, 0.1) is 7.11 Å². The van der Waals surface area contributed by atoms with Crippen LogP contribution in [0.4, 0.5) is 5.95 Å². The lowest BCUT2D eigenvalue weighted by molar-refractivity contribution is -0.118. The molecule has 2 aromatic carbocycles. The standard InChI is InChI=1S/C24H24N4O3/c1-24(2)12-18-20(19(30)13-24)21(15-5-4-6-16(29)11-15)28-23(25-18)26-22(27-28)14-7-9-17(31-3)10-8-14/h4-11,21,29H,12-13H2,1-3H3,(H,25,26,27)/t21-/m0/s1. The van der Waals surface area contributed by atoms with E-state index in [9.17, 15) is 9.90 Å². The predicted octanol–water partition coefficient (Wildman–Crippen LogP) is 4.32. The fourth-order valence-corrected chi connectivity index (χ4v) is 4.47. The molecule has 5 rings (SSSR count). The van der Waals surface area contributed by atoms with Crippen molar-refractivity contribution in [1.82, 2.24) is 14.8 Å². The molecule has 0 saturated heterocycles. The van der Waals surface area contributed by atoms with Gasteiger partial charge in [0.25, 0.3) is 0 Å². The summed E-state index contributed by atoms with van der Waals surface area (Å²) in [7, 11) is 1.63. The van der Waals surface area contributed by atoms with E-state index in [1.807, 2.05) is 30.3 Å². The van der Waals surface area contributed by atoms with E-state index in [0.29, 0.717) is 23.8 Å². The summed E-state index contributed by atoms with van der Waals surface area (Å²) >= 11 is 0. The monoisotopic (exact) mass is 416 g/mol. The molecule has 1 atom stereocenters. The highest BCUT2D eigenvalue weighted by Gasteiger charge is 2.42. The van der Waals surface area contributed by atoms with Crippen LogP contribution in [0, 0.1) is 5.41 Å². The number of phenolic OH excluding ortho intramolecular Hbond substituents is 1. The third kappa shape index (κ3) is 3.36. The summed E-state index contributed by atoms with van der Waals surface area (Å²) in [6.07, 6.45) is 1.21. The van der Waals surface area contributed by atoms with Crippen LogP contribution < -0.4 is 10.1 Å². The van der Waals surface area contributed by atoms with Crippen LogP contribution in [0.3, 0.4) is 0 Å². The van der Waals surface area contributed by atoms with E-state index in [1.54, 1.807) is 30.0 Å². The average Bonchev–Trinajstić information content (AvgIpc) is 3.15. The first kappa shape index (κ1) is 19.4. The lowest BCUT2D eigenvalue weighted by Crippen LogP contribution is -2.36. The number of ketones is 1. The van der Waals surface area contributed by atoms with E-state index in [-0.39, 0.29) is 16.9 Å². The summed E-state index contributed by atoms with van der Waals surface area (Å²) in [4.78, 5) is 18.0. The molecule has 31 heavy (non-hydrogen) atoms. The zero-order valence-electron chi connectivity index (χ0n) is 17.7. The van der Waals surface area contributed by atoms with Gasteiger partial charge in [0.1, 0.15) is 17.5 Å². The minimum Gasteiger partial charge on any atom is -0.508 e. The Bertz CT molecular complexity index is 1210. The summed E-state index contributed by atoms with van der Waals surface area (Å²) in [5.41, 5.74) is 3.10. The molecule has 2 aliphatic rings. The maximum Gasteiger partial charge on any atom is 0.226 e. The van der Waals surface area contributed by atoms with Crippen molar-refractivity contribution in [3.05, 3.63) is 65.4 Å². The van der Waals surface area contributed by atoms with Gasteiger partial charge in [0.2, 0.25) is 5.95 Å². The molecule has 0 saturated carbocycles. The number of aromatic nitrogens is 3. The molecule has 1 aliphatic heterocycles. The Morgan fingerprint density at radius 1 is 1.16 bits per heavy atom. The van der Waals surface area contributed by atoms with Crippen LogP contribution in [0.2, 0.25) is 0 Å². The molecule has 3 aromatic rings. The van der Waals surface area contributed by atoms with Crippen LogP contribution >= 0.6 is 0 Å². The normalized spacial score (nSPS) is 19.5. The van der Waals surface area contributed by atoms with Crippen molar-refractivity contribution in [2.75, 3.05) is 12.4 Å². The molecule has 7 nitrogen and oxygen atoms in total. The minimum atomic E-state index is -0.443. The smallest absolute Gasteiger partial charge is 0.226 e. The molecule has 7 heteroatoms.